The third-order valence-electron chi connectivity index (χ3n) is 4.77. The highest BCUT2D eigenvalue weighted by atomic mass is 19.1. The smallest absolute Gasteiger partial charge is 0.410 e. The fourth-order valence-corrected chi connectivity index (χ4v) is 3.36. The molecule has 0 atom stereocenters. The molecule has 0 aliphatic heterocycles. The van der Waals surface area contributed by atoms with Crippen LogP contribution in [0.25, 0.3) is 33.1 Å². The van der Waals surface area contributed by atoms with Gasteiger partial charge in [-0.05, 0) is 36.4 Å². The summed E-state index contributed by atoms with van der Waals surface area (Å²) in [6, 6.07) is 15.2. The van der Waals surface area contributed by atoms with Crippen molar-refractivity contribution in [2.75, 3.05) is 5.32 Å². The molecule has 0 saturated heterocycles. The predicted octanol–water partition coefficient (Wildman–Crippen LogP) is 4.36. The summed E-state index contributed by atoms with van der Waals surface area (Å²) in [5, 5.41) is 7.96. The maximum absolute atomic E-state index is 14.5. The number of ether oxygens (including phenoxy) is 1. The first-order valence-electron chi connectivity index (χ1n) is 9.40. The van der Waals surface area contributed by atoms with Gasteiger partial charge < -0.3 is 9.72 Å². The normalized spacial score (nSPS) is 11.1. The molecule has 0 spiro atoms. The molecule has 0 unspecified atom stereocenters. The molecule has 2 heterocycles. The number of carbonyl (C=O) groups is 1. The van der Waals surface area contributed by atoms with E-state index < -0.39 is 28.7 Å². The van der Waals surface area contributed by atoms with Crippen LogP contribution in [0.4, 0.5) is 19.5 Å². The Balaban J connectivity index is 1.50. The lowest BCUT2D eigenvalue weighted by Gasteiger charge is -2.07. The number of halogens is 2. The van der Waals surface area contributed by atoms with Crippen molar-refractivity contribution in [1.29, 1.82) is 0 Å². The first kappa shape index (κ1) is 19.4. The molecule has 1 amide bonds. The van der Waals surface area contributed by atoms with Gasteiger partial charge in [0.2, 0.25) is 5.95 Å². The van der Waals surface area contributed by atoms with Crippen molar-refractivity contribution in [2.24, 2.45) is 0 Å². The second-order valence-corrected chi connectivity index (χ2v) is 6.83. The number of hydrogen-bond acceptors (Lipinski definition) is 5. The fourth-order valence-electron chi connectivity index (χ4n) is 3.36. The van der Waals surface area contributed by atoms with Crippen molar-refractivity contribution >= 4 is 33.8 Å². The van der Waals surface area contributed by atoms with Gasteiger partial charge in [0.05, 0.1) is 21.8 Å². The average Bonchev–Trinajstić information content (AvgIpc) is 3.18. The standard InChI is InChI=1S/C22H13F2N5O3/c23-13-7-8-14(24)18-17(13)19(28-29-20(18)30)11-6-9-15-16(10-11)26-21(25-15)27-22(31)32-12-4-2-1-3-5-12/h1-10H,(H,29,30)(H2,25,26,27,31). The number of aromatic amines is 2. The van der Waals surface area contributed by atoms with E-state index >= 15 is 0 Å². The van der Waals surface area contributed by atoms with Crippen LogP contribution in [0.2, 0.25) is 0 Å². The number of amides is 1. The van der Waals surface area contributed by atoms with Crippen LogP contribution in [0.15, 0.2) is 65.5 Å². The summed E-state index contributed by atoms with van der Waals surface area (Å²) in [4.78, 5) is 31.3. The van der Waals surface area contributed by atoms with Gasteiger partial charge in [-0.15, -0.1) is 0 Å². The van der Waals surface area contributed by atoms with E-state index in [0.717, 1.165) is 12.1 Å². The highest BCUT2D eigenvalue weighted by Gasteiger charge is 2.17. The van der Waals surface area contributed by atoms with E-state index in [1.165, 1.54) is 0 Å². The molecule has 32 heavy (non-hydrogen) atoms. The van der Waals surface area contributed by atoms with Crippen LogP contribution in [0.1, 0.15) is 0 Å². The molecule has 10 heteroatoms. The minimum atomic E-state index is -0.851. The first-order valence-corrected chi connectivity index (χ1v) is 9.40. The van der Waals surface area contributed by atoms with Crippen molar-refractivity contribution in [3.8, 4) is 17.0 Å². The topological polar surface area (TPSA) is 113 Å². The van der Waals surface area contributed by atoms with Gasteiger partial charge in [-0.3, -0.25) is 10.1 Å². The number of anilines is 1. The minimum absolute atomic E-state index is 0.0551. The Hall–Kier alpha value is -4.60. The number of carbonyl (C=O) groups excluding carboxylic acids is 1. The summed E-state index contributed by atoms with van der Waals surface area (Å²) in [6.07, 6.45) is -0.735. The molecular formula is C22H13F2N5O3. The van der Waals surface area contributed by atoms with E-state index in [1.54, 1.807) is 48.5 Å². The average molecular weight is 433 g/mol. The maximum atomic E-state index is 14.5. The minimum Gasteiger partial charge on any atom is -0.410 e. The van der Waals surface area contributed by atoms with Crippen LogP contribution in [0.3, 0.4) is 0 Å². The Bertz CT molecular complexity index is 1550. The number of nitrogens with one attached hydrogen (secondary N) is 3. The third-order valence-corrected chi connectivity index (χ3v) is 4.77. The molecule has 3 aromatic carbocycles. The summed E-state index contributed by atoms with van der Waals surface area (Å²) in [7, 11) is 0. The molecule has 0 aliphatic rings. The summed E-state index contributed by atoms with van der Waals surface area (Å²) in [5.74, 6) is -1.12. The van der Waals surface area contributed by atoms with Gasteiger partial charge in [-0.1, -0.05) is 24.3 Å². The van der Waals surface area contributed by atoms with Crippen molar-refractivity contribution in [1.82, 2.24) is 20.2 Å². The zero-order valence-corrected chi connectivity index (χ0v) is 16.1. The summed E-state index contributed by atoms with van der Waals surface area (Å²) in [6.45, 7) is 0. The predicted molar refractivity (Wildman–Crippen MR) is 113 cm³/mol. The van der Waals surface area contributed by atoms with Crippen LogP contribution >= 0.6 is 0 Å². The van der Waals surface area contributed by atoms with Gasteiger partial charge in [-0.2, -0.15) is 5.10 Å². The second kappa shape index (κ2) is 7.58. The molecular weight excluding hydrogens is 420 g/mol. The van der Waals surface area contributed by atoms with E-state index in [-0.39, 0.29) is 17.0 Å². The molecule has 158 valence electrons. The lowest BCUT2D eigenvalue weighted by Crippen LogP contribution is -2.17. The number of nitrogens with zero attached hydrogens (tertiary/aromatic N) is 2. The Morgan fingerprint density at radius 3 is 2.50 bits per heavy atom. The second-order valence-electron chi connectivity index (χ2n) is 6.83. The van der Waals surface area contributed by atoms with Gasteiger partial charge in [0.1, 0.15) is 23.1 Å². The van der Waals surface area contributed by atoms with Crippen LogP contribution in [0.5, 0.6) is 5.75 Å². The van der Waals surface area contributed by atoms with Gasteiger partial charge >= 0.3 is 6.09 Å². The molecule has 0 saturated carbocycles. The van der Waals surface area contributed by atoms with Crippen LogP contribution in [-0.2, 0) is 0 Å². The molecule has 8 nitrogen and oxygen atoms in total. The molecule has 5 rings (SSSR count). The Kier molecular flexibility index (Phi) is 4.59. The zero-order valence-electron chi connectivity index (χ0n) is 16.1. The lowest BCUT2D eigenvalue weighted by atomic mass is 10.0. The van der Waals surface area contributed by atoms with E-state index in [1.807, 2.05) is 0 Å². The van der Waals surface area contributed by atoms with Crippen molar-refractivity contribution in [3.63, 3.8) is 0 Å². The Morgan fingerprint density at radius 1 is 0.969 bits per heavy atom. The zero-order chi connectivity index (χ0) is 22.2. The van der Waals surface area contributed by atoms with Crippen molar-refractivity contribution in [3.05, 3.63) is 82.7 Å². The number of fused-ring (bicyclic) bond motifs is 2. The Labute approximate surface area is 177 Å². The highest BCUT2D eigenvalue weighted by Crippen LogP contribution is 2.30. The number of para-hydroxylation sites is 1. The summed E-state index contributed by atoms with van der Waals surface area (Å²) >= 11 is 0. The van der Waals surface area contributed by atoms with Crippen LogP contribution < -0.4 is 15.6 Å². The number of rotatable bonds is 3. The molecule has 0 radical (unpaired) electrons. The van der Waals surface area contributed by atoms with E-state index in [0.29, 0.717) is 22.3 Å². The molecule has 0 fully saturated rings. The van der Waals surface area contributed by atoms with Gasteiger partial charge in [0, 0.05) is 5.56 Å². The fraction of sp³-hybridized carbons (Fsp3) is 0. The highest BCUT2D eigenvalue weighted by molar-refractivity contribution is 5.96. The third kappa shape index (κ3) is 3.43. The van der Waals surface area contributed by atoms with Gasteiger partial charge in [0.25, 0.3) is 5.56 Å². The summed E-state index contributed by atoms with van der Waals surface area (Å²) < 4.78 is 33.8. The molecule has 5 aromatic rings. The lowest BCUT2D eigenvalue weighted by molar-refractivity contribution is 0.215. The largest absolute Gasteiger partial charge is 0.419 e. The molecule has 3 N–H and O–H groups in total. The number of H-pyrrole nitrogens is 2. The summed E-state index contributed by atoms with van der Waals surface area (Å²) in [5.41, 5.74) is 0.622. The molecule has 0 aliphatic carbocycles. The van der Waals surface area contributed by atoms with Crippen LogP contribution in [-0.4, -0.2) is 26.3 Å². The van der Waals surface area contributed by atoms with Crippen molar-refractivity contribution in [2.45, 2.75) is 0 Å². The number of benzene rings is 3. The maximum Gasteiger partial charge on any atom is 0.419 e. The SMILES string of the molecule is O=C(Nc1nc2cc(-c3n[nH]c(=O)c4c(F)ccc(F)c34)ccc2[nH]1)Oc1ccccc1. The van der Waals surface area contributed by atoms with Gasteiger partial charge in [-0.25, -0.2) is 23.7 Å². The number of imidazole rings is 1. The first-order chi connectivity index (χ1) is 15.5. The quantitative estimate of drug-likeness (QED) is 0.391. The van der Waals surface area contributed by atoms with Gasteiger partial charge in [0.15, 0.2) is 0 Å². The number of hydrogen-bond donors (Lipinski definition) is 3. The van der Waals surface area contributed by atoms with Crippen molar-refractivity contribution < 1.29 is 18.3 Å². The molecule has 2 aromatic heterocycles. The number of aromatic nitrogens is 4. The van der Waals surface area contributed by atoms with Crippen LogP contribution in [0, 0.1) is 11.6 Å². The van der Waals surface area contributed by atoms with E-state index in [9.17, 15) is 18.4 Å². The Morgan fingerprint density at radius 2 is 1.72 bits per heavy atom. The molecule has 0 bridgehead atoms. The van der Waals surface area contributed by atoms with E-state index in [2.05, 4.69) is 25.5 Å². The monoisotopic (exact) mass is 433 g/mol. The van der Waals surface area contributed by atoms with E-state index in [4.69, 9.17) is 4.74 Å².